The van der Waals surface area contributed by atoms with Gasteiger partial charge in [0.1, 0.15) is 18.8 Å². The number of hydrogen-bond acceptors (Lipinski definition) is 6. The molecule has 2 saturated heterocycles. The molecule has 1 aromatic rings. The van der Waals surface area contributed by atoms with Gasteiger partial charge >= 0.3 is 5.97 Å². The molecular formula is C17H22O6. The molecule has 0 radical (unpaired) electrons. The first-order valence-electron chi connectivity index (χ1n) is 7.72. The molecular weight excluding hydrogens is 300 g/mol. The molecule has 126 valence electrons. The fourth-order valence-electron chi connectivity index (χ4n) is 3.01. The Hall–Kier alpha value is -1.47. The van der Waals surface area contributed by atoms with E-state index in [9.17, 15) is 4.79 Å². The number of fused-ring (bicyclic) bond motifs is 1. The summed E-state index contributed by atoms with van der Waals surface area (Å²) in [5.41, 5.74) is 0.516. The summed E-state index contributed by atoms with van der Waals surface area (Å²) >= 11 is 0. The Morgan fingerprint density at radius 3 is 2.61 bits per heavy atom. The van der Waals surface area contributed by atoms with E-state index in [1.165, 1.54) is 0 Å². The van der Waals surface area contributed by atoms with E-state index < -0.39 is 12.1 Å². The summed E-state index contributed by atoms with van der Waals surface area (Å²) in [4.78, 5) is 12.0. The Morgan fingerprint density at radius 1 is 1.17 bits per heavy atom. The molecule has 0 spiro atoms. The molecule has 2 fully saturated rings. The molecule has 2 aliphatic heterocycles. The Bertz CT molecular complexity index is 543. The Morgan fingerprint density at radius 2 is 1.91 bits per heavy atom. The number of hydrogen-bond donors (Lipinski definition) is 0. The lowest BCUT2D eigenvalue weighted by Crippen LogP contribution is -2.35. The standard InChI is InChI=1S/C17H22O6/c1-17(2)22-14-12(9-19-3)13(21-16(14)23-17)10-20-15(18)11-7-5-4-6-8-11/h4-8,12-14,16H,9-10H2,1-3H3/t12-,13-,14-,16-/m1/s1. The van der Waals surface area contributed by atoms with Crippen LogP contribution in [0, 0.1) is 5.92 Å². The van der Waals surface area contributed by atoms with E-state index in [1.807, 2.05) is 19.9 Å². The number of carbonyl (C=O) groups is 1. The van der Waals surface area contributed by atoms with Crippen LogP contribution in [0.5, 0.6) is 0 Å². The van der Waals surface area contributed by atoms with Gasteiger partial charge in [0.2, 0.25) is 0 Å². The zero-order valence-electron chi connectivity index (χ0n) is 13.6. The summed E-state index contributed by atoms with van der Waals surface area (Å²) in [5, 5.41) is 0. The second-order valence-electron chi connectivity index (χ2n) is 6.23. The first-order chi connectivity index (χ1) is 11.0. The molecule has 0 aromatic heterocycles. The minimum Gasteiger partial charge on any atom is -0.459 e. The van der Waals surface area contributed by atoms with Gasteiger partial charge in [-0.1, -0.05) is 18.2 Å². The van der Waals surface area contributed by atoms with Gasteiger partial charge in [0.15, 0.2) is 12.1 Å². The van der Waals surface area contributed by atoms with Gasteiger partial charge in [0.25, 0.3) is 0 Å². The van der Waals surface area contributed by atoms with E-state index in [4.69, 9.17) is 23.7 Å². The van der Waals surface area contributed by atoms with Crippen LogP contribution in [0.25, 0.3) is 0 Å². The summed E-state index contributed by atoms with van der Waals surface area (Å²) < 4.78 is 28.1. The normalized spacial score (nSPS) is 31.8. The number of esters is 1. The Balaban J connectivity index is 1.61. The zero-order chi connectivity index (χ0) is 16.4. The third kappa shape index (κ3) is 3.55. The van der Waals surface area contributed by atoms with Gasteiger partial charge < -0.3 is 23.7 Å². The van der Waals surface area contributed by atoms with Gasteiger partial charge in [0.05, 0.1) is 12.2 Å². The summed E-state index contributed by atoms with van der Waals surface area (Å²) in [6.07, 6.45) is -0.982. The fraction of sp³-hybridized carbons (Fsp3) is 0.588. The summed E-state index contributed by atoms with van der Waals surface area (Å²) in [5.74, 6) is -1.09. The predicted octanol–water partition coefficient (Wildman–Crippen LogP) is 1.98. The van der Waals surface area contributed by atoms with Gasteiger partial charge in [-0.25, -0.2) is 4.79 Å². The van der Waals surface area contributed by atoms with Gasteiger partial charge in [-0.05, 0) is 26.0 Å². The molecule has 0 bridgehead atoms. The van der Waals surface area contributed by atoms with Crippen molar-refractivity contribution >= 4 is 5.97 Å². The van der Waals surface area contributed by atoms with Gasteiger partial charge in [-0.15, -0.1) is 0 Å². The molecule has 6 nitrogen and oxygen atoms in total. The highest BCUT2D eigenvalue weighted by Gasteiger charge is 2.54. The van der Waals surface area contributed by atoms with Crippen LogP contribution < -0.4 is 0 Å². The molecule has 0 unspecified atom stereocenters. The van der Waals surface area contributed by atoms with E-state index in [2.05, 4.69) is 0 Å². The van der Waals surface area contributed by atoms with E-state index in [-0.39, 0.29) is 30.7 Å². The quantitative estimate of drug-likeness (QED) is 0.773. The number of carbonyl (C=O) groups excluding carboxylic acids is 1. The van der Waals surface area contributed by atoms with Crippen molar-refractivity contribution in [3.63, 3.8) is 0 Å². The smallest absolute Gasteiger partial charge is 0.338 e. The van der Waals surface area contributed by atoms with Crippen molar-refractivity contribution in [1.29, 1.82) is 0 Å². The van der Waals surface area contributed by atoms with E-state index in [0.717, 1.165) is 0 Å². The van der Waals surface area contributed by atoms with Gasteiger partial charge in [-0.2, -0.15) is 0 Å². The average molecular weight is 322 g/mol. The average Bonchev–Trinajstić information content (AvgIpc) is 2.99. The van der Waals surface area contributed by atoms with Crippen LogP contribution in [0.1, 0.15) is 24.2 Å². The molecule has 0 aliphatic carbocycles. The summed E-state index contributed by atoms with van der Waals surface area (Å²) in [6.45, 7) is 4.29. The molecule has 0 saturated carbocycles. The molecule has 1 aromatic carbocycles. The second kappa shape index (κ2) is 6.57. The molecule has 4 atom stereocenters. The number of ether oxygens (including phenoxy) is 5. The molecule has 6 heteroatoms. The SMILES string of the molecule is COC[C@H]1[C@H]2OC(C)(C)O[C@H]2O[C@@H]1COC(=O)c1ccccc1. The first-order valence-corrected chi connectivity index (χ1v) is 7.72. The number of methoxy groups -OCH3 is 1. The molecule has 0 N–H and O–H groups in total. The van der Waals surface area contributed by atoms with Crippen molar-refractivity contribution in [2.75, 3.05) is 20.3 Å². The van der Waals surface area contributed by atoms with E-state index in [1.54, 1.807) is 31.4 Å². The van der Waals surface area contributed by atoms with Crippen molar-refractivity contribution in [2.24, 2.45) is 5.92 Å². The monoisotopic (exact) mass is 322 g/mol. The van der Waals surface area contributed by atoms with Gasteiger partial charge in [-0.3, -0.25) is 0 Å². The van der Waals surface area contributed by atoms with Crippen LogP contribution in [-0.2, 0) is 23.7 Å². The molecule has 3 rings (SSSR count). The third-order valence-corrected chi connectivity index (χ3v) is 4.04. The lowest BCUT2D eigenvalue weighted by atomic mass is 10.00. The van der Waals surface area contributed by atoms with E-state index >= 15 is 0 Å². The lowest BCUT2D eigenvalue weighted by Gasteiger charge is -2.25. The minimum atomic E-state index is -0.674. The zero-order valence-corrected chi connectivity index (χ0v) is 13.6. The van der Waals surface area contributed by atoms with Crippen molar-refractivity contribution in [3.05, 3.63) is 35.9 Å². The maximum atomic E-state index is 12.0. The Labute approximate surface area is 135 Å². The first kappa shape index (κ1) is 16.4. The van der Waals surface area contributed by atoms with Crippen LogP contribution in [0.2, 0.25) is 0 Å². The lowest BCUT2D eigenvalue weighted by molar-refractivity contribution is -0.215. The van der Waals surface area contributed by atoms with Crippen LogP contribution in [0.3, 0.4) is 0 Å². The molecule has 2 heterocycles. The minimum absolute atomic E-state index is 0.0460. The highest BCUT2D eigenvalue weighted by molar-refractivity contribution is 5.89. The van der Waals surface area contributed by atoms with Crippen molar-refractivity contribution in [1.82, 2.24) is 0 Å². The number of rotatable bonds is 5. The second-order valence-corrected chi connectivity index (χ2v) is 6.23. The fourth-order valence-corrected chi connectivity index (χ4v) is 3.01. The third-order valence-electron chi connectivity index (χ3n) is 4.04. The largest absolute Gasteiger partial charge is 0.459 e. The van der Waals surface area contributed by atoms with Crippen molar-refractivity contribution in [3.8, 4) is 0 Å². The molecule has 2 aliphatic rings. The summed E-state index contributed by atoms with van der Waals surface area (Å²) in [6, 6.07) is 8.88. The van der Waals surface area contributed by atoms with Crippen LogP contribution in [0.4, 0.5) is 0 Å². The van der Waals surface area contributed by atoms with Crippen LogP contribution >= 0.6 is 0 Å². The highest BCUT2D eigenvalue weighted by atomic mass is 16.8. The maximum absolute atomic E-state index is 12.0. The molecule has 0 amide bonds. The van der Waals surface area contributed by atoms with Crippen molar-refractivity contribution < 1.29 is 28.5 Å². The van der Waals surface area contributed by atoms with Gasteiger partial charge in [0, 0.05) is 13.0 Å². The highest BCUT2D eigenvalue weighted by Crippen LogP contribution is 2.40. The predicted molar refractivity (Wildman–Crippen MR) is 80.8 cm³/mol. The topological polar surface area (TPSA) is 63.2 Å². The van der Waals surface area contributed by atoms with Crippen LogP contribution in [0.15, 0.2) is 30.3 Å². The molecule has 23 heavy (non-hydrogen) atoms. The summed E-state index contributed by atoms with van der Waals surface area (Å²) in [7, 11) is 1.63. The van der Waals surface area contributed by atoms with E-state index in [0.29, 0.717) is 12.2 Å². The number of benzene rings is 1. The van der Waals surface area contributed by atoms with Crippen molar-refractivity contribution in [2.45, 2.75) is 38.1 Å². The Kier molecular flexibility index (Phi) is 4.68. The van der Waals surface area contributed by atoms with Crippen LogP contribution in [-0.4, -0.2) is 50.6 Å². The maximum Gasteiger partial charge on any atom is 0.338 e.